The first-order chi connectivity index (χ1) is 14.1. The molecule has 10 heteroatoms. The lowest BCUT2D eigenvalue weighted by atomic mass is 10.0. The van der Waals surface area contributed by atoms with Crippen molar-refractivity contribution in [2.24, 2.45) is 0 Å². The van der Waals surface area contributed by atoms with Crippen LogP contribution in [0.1, 0.15) is 25.1 Å². The van der Waals surface area contributed by atoms with Gasteiger partial charge >= 0.3 is 0 Å². The molecular weight excluding hydrogens is 433 g/mol. The number of rotatable bonds is 6. The van der Waals surface area contributed by atoms with Gasteiger partial charge in [-0.05, 0) is 48.7 Å². The first-order valence-corrected chi connectivity index (χ1v) is 10.8. The van der Waals surface area contributed by atoms with Crippen LogP contribution in [0, 0.1) is 12.7 Å². The van der Waals surface area contributed by atoms with E-state index in [4.69, 9.17) is 16.1 Å². The van der Waals surface area contributed by atoms with Crippen molar-refractivity contribution in [3.63, 3.8) is 0 Å². The Balaban J connectivity index is 2.08. The Kier molecular flexibility index (Phi) is 6.14. The smallest absolute Gasteiger partial charge is 0.262 e. The molecule has 0 aliphatic carbocycles. The summed E-state index contributed by atoms with van der Waals surface area (Å²) in [7, 11) is -4.12. The number of aryl methyl sites for hydroxylation is 2. The van der Waals surface area contributed by atoms with E-state index in [0.717, 1.165) is 6.07 Å². The molecule has 0 fully saturated rings. The molecule has 0 spiro atoms. The fourth-order valence-corrected chi connectivity index (χ4v) is 4.42. The van der Waals surface area contributed by atoms with E-state index in [2.05, 4.69) is 15.2 Å². The molecule has 2 N–H and O–H groups in total. The van der Waals surface area contributed by atoms with Gasteiger partial charge in [0.2, 0.25) is 11.8 Å². The van der Waals surface area contributed by atoms with E-state index in [0.29, 0.717) is 28.8 Å². The van der Waals surface area contributed by atoms with Crippen LogP contribution < -0.4 is 10.0 Å². The number of sulfonamides is 1. The van der Waals surface area contributed by atoms with Crippen LogP contribution in [-0.2, 0) is 21.2 Å². The average Bonchev–Trinajstić information content (AvgIpc) is 3.06. The zero-order valence-electron chi connectivity index (χ0n) is 16.4. The highest BCUT2D eigenvalue weighted by Gasteiger charge is 2.23. The summed E-state index contributed by atoms with van der Waals surface area (Å²) in [5.74, 6) is -1.02. The highest BCUT2D eigenvalue weighted by atomic mass is 35.5. The van der Waals surface area contributed by atoms with E-state index in [9.17, 15) is 17.6 Å². The molecule has 0 bridgehead atoms. The van der Waals surface area contributed by atoms with E-state index in [1.54, 1.807) is 19.1 Å². The lowest BCUT2D eigenvalue weighted by Crippen LogP contribution is -2.15. The predicted octanol–water partition coefficient (Wildman–Crippen LogP) is 4.76. The van der Waals surface area contributed by atoms with E-state index in [1.165, 1.54) is 25.1 Å². The highest BCUT2D eigenvalue weighted by molar-refractivity contribution is 7.92. The number of aromatic nitrogens is 1. The van der Waals surface area contributed by atoms with E-state index in [1.807, 2.05) is 6.92 Å². The van der Waals surface area contributed by atoms with Crippen molar-refractivity contribution in [3.05, 3.63) is 58.5 Å². The van der Waals surface area contributed by atoms with Crippen molar-refractivity contribution in [1.29, 1.82) is 0 Å². The standard InChI is InChI=1S/C20H19ClFN3O4S/c1-4-16-19(20(29-24-16)23-12(3)26)13-6-5-11(2)18(9-13)30(27,28)25-17-8-7-14(21)10-15(17)22/h5-10,25H,4H2,1-3H3,(H,23,26). The third-order valence-corrected chi connectivity index (χ3v) is 6.07. The molecule has 2 aromatic carbocycles. The predicted molar refractivity (Wildman–Crippen MR) is 113 cm³/mol. The minimum Gasteiger partial charge on any atom is -0.337 e. The number of hydrogen-bond donors (Lipinski definition) is 2. The number of hydrogen-bond acceptors (Lipinski definition) is 5. The van der Waals surface area contributed by atoms with Gasteiger partial charge in [0.15, 0.2) is 0 Å². The third-order valence-electron chi connectivity index (χ3n) is 4.33. The van der Waals surface area contributed by atoms with Gasteiger partial charge in [-0.3, -0.25) is 14.8 Å². The lowest BCUT2D eigenvalue weighted by Gasteiger charge is -2.13. The molecule has 158 valence electrons. The van der Waals surface area contributed by atoms with E-state index < -0.39 is 15.8 Å². The maximum Gasteiger partial charge on any atom is 0.262 e. The number of anilines is 2. The second kappa shape index (κ2) is 8.45. The van der Waals surface area contributed by atoms with Crippen molar-refractivity contribution in [1.82, 2.24) is 5.16 Å². The van der Waals surface area contributed by atoms with Crippen molar-refractivity contribution in [2.75, 3.05) is 10.0 Å². The number of carbonyl (C=O) groups excluding carboxylic acids is 1. The van der Waals surface area contributed by atoms with Gasteiger partial charge in [-0.15, -0.1) is 0 Å². The van der Waals surface area contributed by atoms with Crippen molar-refractivity contribution < 1.29 is 22.1 Å². The molecule has 0 atom stereocenters. The number of nitrogens with zero attached hydrogens (tertiary/aromatic N) is 1. The normalized spacial score (nSPS) is 11.4. The summed E-state index contributed by atoms with van der Waals surface area (Å²) < 4.78 is 47.5. The number of carbonyl (C=O) groups is 1. The molecule has 1 aromatic heterocycles. The molecule has 1 heterocycles. The Labute approximate surface area is 178 Å². The van der Waals surface area contributed by atoms with Crippen LogP contribution in [-0.4, -0.2) is 19.5 Å². The van der Waals surface area contributed by atoms with Gasteiger partial charge in [-0.25, -0.2) is 12.8 Å². The number of amides is 1. The van der Waals surface area contributed by atoms with Gasteiger partial charge in [-0.2, -0.15) is 0 Å². The monoisotopic (exact) mass is 451 g/mol. The summed E-state index contributed by atoms with van der Waals surface area (Å²) >= 11 is 5.73. The van der Waals surface area contributed by atoms with Gasteiger partial charge in [0.25, 0.3) is 10.0 Å². The number of benzene rings is 2. The Bertz CT molecular complexity index is 1220. The molecule has 0 saturated heterocycles. The van der Waals surface area contributed by atoms with Crippen LogP contribution >= 0.6 is 11.6 Å². The van der Waals surface area contributed by atoms with Gasteiger partial charge < -0.3 is 4.52 Å². The highest BCUT2D eigenvalue weighted by Crippen LogP contribution is 2.35. The molecular formula is C20H19ClFN3O4S. The van der Waals surface area contributed by atoms with Crippen molar-refractivity contribution in [2.45, 2.75) is 32.1 Å². The topological polar surface area (TPSA) is 101 Å². The Morgan fingerprint density at radius 1 is 1.23 bits per heavy atom. The molecule has 3 aromatic rings. The van der Waals surface area contributed by atoms with E-state index >= 15 is 0 Å². The molecule has 7 nitrogen and oxygen atoms in total. The van der Waals surface area contributed by atoms with Gasteiger partial charge in [0, 0.05) is 11.9 Å². The summed E-state index contributed by atoms with van der Waals surface area (Å²) in [5, 5.41) is 6.66. The Morgan fingerprint density at radius 2 is 1.97 bits per heavy atom. The molecule has 30 heavy (non-hydrogen) atoms. The summed E-state index contributed by atoms with van der Waals surface area (Å²) in [6.45, 7) is 4.81. The van der Waals surface area contributed by atoms with Crippen molar-refractivity contribution >= 4 is 39.1 Å². The van der Waals surface area contributed by atoms with E-state index in [-0.39, 0.29) is 27.4 Å². The largest absolute Gasteiger partial charge is 0.337 e. The summed E-state index contributed by atoms with van der Waals surface area (Å²) in [4.78, 5) is 11.4. The maximum atomic E-state index is 14.1. The fraction of sp³-hybridized carbons (Fsp3) is 0.200. The molecule has 0 aliphatic rings. The van der Waals surface area contributed by atoms with Crippen LogP contribution in [0.3, 0.4) is 0 Å². The second-order valence-corrected chi connectivity index (χ2v) is 8.67. The van der Waals surface area contributed by atoms with Crippen LogP contribution in [0.25, 0.3) is 11.1 Å². The number of halogens is 2. The molecule has 0 radical (unpaired) electrons. The SMILES string of the molecule is CCc1noc(NC(C)=O)c1-c1ccc(C)c(S(=O)(=O)Nc2ccc(Cl)cc2F)c1. The quantitative estimate of drug-likeness (QED) is 0.562. The Hall–Kier alpha value is -2.91. The molecule has 0 saturated carbocycles. The minimum absolute atomic E-state index is 0.0496. The molecule has 0 aliphatic heterocycles. The lowest BCUT2D eigenvalue weighted by molar-refractivity contribution is -0.114. The van der Waals surface area contributed by atoms with Crippen LogP contribution in [0.15, 0.2) is 45.8 Å². The zero-order chi connectivity index (χ0) is 22.1. The molecule has 1 amide bonds. The molecule has 0 unspecified atom stereocenters. The Morgan fingerprint density at radius 3 is 2.60 bits per heavy atom. The fourth-order valence-electron chi connectivity index (χ4n) is 2.92. The second-order valence-electron chi connectivity index (χ2n) is 6.58. The van der Waals surface area contributed by atoms with Crippen LogP contribution in [0.5, 0.6) is 0 Å². The first-order valence-electron chi connectivity index (χ1n) is 8.97. The van der Waals surface area contributed by atoms with Gasteiger partial charge in [-0.1, -0.05) is 35.8 Å². The van der Waals surface area contributed by atoms with Crippen LogP contribution in [0.2, 0.25) is 5.02 Å². The third kappa shape index (κ3) is 4.47. The summed E-state index contributed by atoms with van der Waals surface area (Å²) in [5.41, 5.74) is 1.77. The summed E-state index contributed by atoms with van der Waals surface area (Å²) in [6.07, 6.45) is 0.503. The maximum absolute atomic E-state index is 14.1. The molecule has 3 rings (SSSR count). The van der Waals surface area contributed by atoms with Gasteiger partial charge in [0.1, 0.15) is 5.82 Å². The van der Waals surface area contributed by atoms with Crippen molar-refractivity contribution in [3.8, 4) is 11.1 Å². The van der Waals surface area contributed by atoms with Gasteiger partial charge in [0.05, 0.1) is 21.8 Å². The number of nitrogens with one attached hydrogen (secondary N) is 2. The van der Waals surface area contributed by atoms with Crippen LogP contribution in [0.4, 0.5) is 16.0 Å². The summed E-state index contributed by atoms with van der Waals surface area (Å²) in [6, 6.07) is 8.41. The minimum atomic E-state index is -4.12. The first kappa shape index (κ1) is 21.8. The zero-order valence-corrected chi connectivity index (χ0v) is 18.0. The average molecular weight is 452 g/mol.